The number of rotatable bonds is 9. The minimum absolute atomic E-state index is 0.0525. The third-order valence-corrected chi connectivity index (χ3v) is 5.92. The van der Waals surface area contributed by atoms with E-state index in [-0.39, 0.29) is 5.92 Å². The van der Waals surface area contributed by atoms with E-state index in [9.17, 15) is 5.11 Å². The van der Waals surface area contributed by atoms with Crippen LogP contribution >= 0.6 is 0 Å². The molecule has 1 aliphatic heterocycles. The van der Waals surface area contributed by atoms with Crippen molar-refractivity contribution in [3.05, 3.63) is 65.7 Å². The van der Waals surface area contributed by atoms with Gasteiger partial charge in [-0.2, -0.15) is 0 Å². The van der Waals surface area contributed by atoms with Crippen molar-refractivity contribution < 1.29 is 9.84 Å². The number of likely N-dealkylation sites (tertiary alicyclic amines) is 1. The molecule has 3 heteroatoms. The van der Waals surface area contributed by atoms with Gasteiger partial charge in [0, 0.05) is 12.5 Å². The average molecular weight is 368 g/mol. The molecule has 2 aromatic rings. The van der Waals surface area contributed by atoms with Gasteiger partial charge in [0.05, 0.1) is 12.7 Å². The van der Waals surface area contributed by atoms with Crippen molar-refractivity contribution in [2.24, 2.45) is 0 Å². The molecule has 27 heavy (non-hydrogen) atoms. The van der Waals surface area contributed by atoms with Crippen LogP contribution in [0.25, 0.3) is 0 Å². The summed E-state index contributed by atoms with van der Waals surface area (Å²) in [5, 5.41) is 12.1. The minimum Gasteiger partial charge on any atom is -0.497 e. The quantitative estimate of drug-likeness (QED) is 0.680. The van der Waals surface area contributed by atoms with E-state index in [1.165, 1.54) is 18.4 Å². The molecule has 0 bridgehead atoms. The van der Waals surface area contributed by atoms with E-state index in [4.69, 9.17) is 4.74 Å². The summed E-state index contributed by atoms with van der Waals surface area (Å²) < 4.78 is 5.33. The third-order valence-electron chi connectivity index (χ3n) is 5.92. The molecule has 0 aliphatic carbocycles. The molecule has 0 amide bonds. The third kappa shape index (κ3) is 4.72. The number of benzene rings is 2. The SMILES string of the molecule is CCCC[C@@](O)(c1ccc(OC)cc1)[C@H](CN1CCCC1)c1ccccc1. The lowest BCUT2D eigenvalue weighted by Gasteiger charge is -2.39. The summed E-state index contributed by atoms with van der Waals surface area (Å²) in [6, 6.07) is 18.6. The van der Waals surface area contributed by atoms with Crippen LogP contribution in [0.15, 0.2) is 54.6 Å². The van der Waals surface area contributed by atoms with E-state index in [0.29, 0.717) is 0 Å². The predicted octanol–water partition coefficient (Wildman–Crippen LogP) is 4.95. The van der Waals surface area contributed by atoms with Gasteiger partial charge in [0.15, 0.2) is 0 Å². The van der Waals surface area contributed by atoms with Gasteiger partial charge in [-0.3, -0.25) is 0 Å². The maximum Gasteiger partial charge on any atom is 0.118 e. The standard InChI is InChI=1S/C24H33NO2/c1-3-4-16-24(26,21-12-14-22(27-2)15-13-21)23(19-25-17-8-9-18-25)20-10-6-5-7-11-20/h5-7,10-15,23,26H,3-4,8-9,16-19H2,1-2H3/t23-,24-/m1/s1. The molecule has 2 atom stereocenters. The highest BCUT2D eigenvalue weighted by Crippen LogP contribution is 2.42. The zero-order chi connectivity index (χ0) is 19.1. The van der Waals surface area contributed by atoms with E-state index in [0.717, 1.165) is 50.2 Å². The van der Waals surface area contributed by atoms with Gasteiger partial charge in [-0.15, -0.1) is 0 Å². The van der Waals surface area contributed by atoms with Crippen LogP contribution in [-0.4, -0.2) is 36.8 Å². The Morgan fingerprint density at radius 2 is 1.70 bits per heavy atom. The van der Waals surface area contributed by atoms with Crippen molar-refractivity contribution in [2.45, 2.75) is 50.5 Å². The second-order valence-corrected chi connectivity index (χ2v) is 7.73. The number of ether oxygens (including phenoxy) is 1. The maximum absolute atomic E-state index is 12.1. The molecule has 0 unspecified atom stereocenters. The first-order valence-electron chi connectivity index (χ1n) is 10.3. The van der Waals surface area contributed by atoms with Crippen LogP contribution in [-0.2, 0) is 5.60 Å². The highest BCUT2D eigenvalue weighted by molar-refractivity contribution is 5.35. The second kappa shape index (κ2) is 9.38. The van der Waals surface area contributed by atoms with E-state index in [1.54, 1.807) is 7.11 Å². The van der Waals surface area contributed by atoms with Gasteiger partial charge >= 0.3 is 0 Å². The molecule has 1 aliphatic rings. The van der Waals surface area contributed by atoms with Crippen molar-refractivity contribution in [1.29, 1.82) is 0 Å². The Morgan fingerprint density at radius 3 is 2.30 bits per heavy atom. The van der Waals surface area contributed by atoms with Gasteiger partial charge in [0.1, 0.15) is 5.75 Å². The van der Waals surface area contributed by atoms with Gasteiger partial charge in [0.25, 0.3) is 0 Å². The first-order valence-corrected chi connectivity index (χ1v) is 10.3. The topological polar surface area (TPSA) is 32.7 Å². The molecule has 2 aromatic carbocycles. The zero-order valence-corrected chi connectivity index (χ0v) is 16.7. The summed E-state index contributed by atoms with van der Waals surface area (Å²) >= 11 is 0. The van der Waals surface area contributed by atoms with Crippen molar-refractivity contribution in [3.63, 3.8) is 0 Å². The number of hydrogen-bond donors (Lipinski definition) is 1. The minimum atomic E-state index is -0.883. The molecular weight excluding hydrogens is 334 g/mol. The Hall–Kier alpha value is -1.84. The van der Waals surface area contributed by atoms with Gasteiger partial charge in [-0.1, -0.05) is 62.2 Å². The highest BCUT2D eigenvalue weighted by Gasteiger charge is 2.40. The lowest BCUT2D eigenvalue weighted by molar-refractivity contribution is -0.0130. The molecule has 0 aromatic heterocycles. The van der Waals surface area contributed by atoms with E-state index in [2.05, 4.69) is 42.2 Å². The average Bonchev–Trinajstić information content (AvgIpc) is 3.24. The van der Waals surface area contributed by atoms with Crippen molar-refractivity contribution >= 4 is 0 Å². The summed E-state index contributed by atoms with van der Waals surface area (Å²) in [4.78, 5) is 2.51. The van der Waals surface area contributed by atoms with Crippen molar-refractivity contribution in [3.8, 4) is 5.75 Å². The van der Waals surface area contributed by atoms with Crippen LogP contribution in [0.1, 0.15) is 56.1 Å². The molecule has 3 nitrogen and oxygen atoms in total. The first-order chi connectivity index (χ1) is 13.2. The summed E-state index contributed by atoms with van der Waals surface area (Å²) in [7, 11) is 1.68. The largest absolute Gasteiger partial charge is 0.497 e. The van der Waals surface area contributed by atoms with Crippen LogP contribution in [0.3, 0.4) is 0 Å². The van der Waals surface area contributed by atoms with Crippen molar-refractivity contribution in [2.75, 3.05) is 26.7 Å². The summed E-state index contributed by atoms with van der Waals surface area (Å²) in [5.74, 6) is 0.879. The normalized spacial score (nSPS) is 18.2. The molecular formula is C24H33NO2. The molecule has 3 rings (SSSR count). The molecule has 1 saturated heterocycles. The Balaban J connectivity index is 1.99. The fourth-order valence-electron chi connectivity index (χ4n) is 4.29. The molecule has 146 valence electrons. The van der Waals surface area contributed by atoms with Gasteiger partial charge in [-0.25, -0.2) is 0 Å². The van der Waals surface area contributed by atoms with Gasteiger partial charge in [0.2, 0.25) is 0 Å². The lowest BCUT2D eigenvalue weighted by Crippen LogP contribution is -2.40. The van der Waals surface area contributed by atoms with Gasteiger partial charge in [-0.05, 0) is 55.6 Å². The molecule has 0 saturated carbocycles. The molecule has 0 radical (unpaired) electrons. The number of hydrogen-bond acceptors (Lipinski definition) is 3. The van der Waals surface area contributed by atoms with Gasteiger partial charge < -0.3 is 14.7 Å². The summed E-state index contributed by atoms with van der Waals surface area (Å²) in [5.41, 5.74) is 1.33. The van der Waals surface area contributed by atoms with E-state index >= 15 is 0 Å². The second-order valence-electron chi connectivity index (χ2n) is 7.73. The summed E-state index contributed by atoms with van der Waals surface area (Å²) in [6.07, 6.45) is 5.37. The van der Waals surface area contributed by atoms with Crippen LogP contribution in [0.4, 0.5) is 0 Å². The fourth-order valence-corrected chi connectivity index (χ4v) is 4.29. The number of unbranched alkanes of at least 4 members (excludes halogenated alkanes) is 1. The Kier molecular flexibility index (Phi) is 6.92. The van der Waals surface area contributed by atoms with Crippen LogP contribution in [0.5, 0.6) is 5.75 Å². The Morgan fingerprint density at radius 1 is 1.04 bits per heavy atom. The van der Waals surface area contributed by atoms with E-state index in [1.807, 2.05) is 24.3 Å². The zero-order valence-electron chi connectivity index (χ0n) is 16.7. The van der Waals surface area contributed by atoms with Crippen LogP contribution in [0.2, 0.25) is 0 Å². The lowest BCUT2D eigenvalue weighted by atomic mass is 9.74. The van der Waals surface area contributed by atoms with Crippen LogP contribution in [0, 0.1) is 0 Å². The Labute approximate surface area is 164 Å². The Bertz CT molecular complexity index is 679. The molecule has 0 spiro atoms. The number of methoxy groups -OCH3 is 1. The number of aliphatic hydroxyl groups is 1. The van der Waals surface area contributed by atoms with E-state index < -0.39 is 5.60 Å². The molecule has 1 fully saturated rings. The number of nitrogens with zero attached hydrogens (tertiary/aromatic N) is 1. The van der Waals surface area contributed by atoms with Crippen molar-refractivity contribution in [1.82, 2.24) is 4.90 Å². The molecule has 1 N–H and O–H groups in total. The summed E-state index contributed by atoms with van der Waals surface area (Å²) in [6.45, 7) is 5.36. The maximum atomic E-state index is 12.1. The molecule has 1 heterocycles. The van der Waals surface area contributed by atoms with Crippen LogP contribution < -0.4 is 4.74 Å². The monoisotopic (exact) mass is 367 g/mol. The first kappa shape index (κ1) is 19.9. The predicted molar refractivity (Wildman–Crippen MR) is 111 cm³/mol. The highest BCUT2D eigenvalue weighted by atomic mass is 16.5. The fraction of sp³-hybridized carbons (Fsp3) is 0.500. The smallest absolute Gasteiger partial charge is 0.118 e.